The van der Waals surface area contributed by atoms with E-state index in [1.165, 1.54) is 5.38 Å². The Balaban J connectivity index is 2.28. The lowest BCUT2D eigenvalue weighted by Crippen LogP contribution is -2.13. The van der Waals surface area contributed by atoms with Crippen LogP contribution in [0.2, 0.25) is 0 Å². The fraction of sp³-hybridized carbons (Fsp3) is 0.154. The van der Waals surface area contributed by atoms with Gasteiger partial charge in [0.25, 0.3) is 10.0 Å². The van der Waals surface area contributed by atoms with Gasteiger partial charge in [-0.2, -0.15) is 0 Å². The SMILES string of the molecule is CN(C)c1cccc(NS(=O)(=O)c2cc(C(=O)O)cs2)c1. The Bertz CT molecular complexity index is 766. The number of anilines is 2. The maximum atomic E-state index is 12.2. The van der Waals surface area contributed by atoms with E-state index in [4.69, 9.17) is 5.11 Å². The fourth-order valence-electron chi connectivity index (χ4n) is 1.62. The number of carbonyl (C=O) groups is 1. The van der Waals surface area contributed by atoms with Crippen LogP contribution in [-0.2, 0) is 10.0 Å². The molecule has 0 spiro atoms. The average molecular weight is 326 g/mol. The van der Waals surface area contributed by atoms with E-state index in [1.54, 1.807) is 18.2 Å². The Morgan fingerprint density at radius 3 is 2.57 bits per heavy atom. The van der Waals surface area contributed by atoms with Crippen LogP contribution in [-0.4, -0.2) is 33.6 Å². The highest BCUT2D eigenvalue weighted by Gasteiger charge is 2.19. The molecule has 1 heterocycles. The number of nitrogens with one attached hydrogen (secondary N) is 1. The summed E-state index contributed by atoms with van der Waals surface area (Å²) in [5.74, 6) is -1.15. The molecule has 0 atom stereocenters. The number of thiophene rings is 1. The first-order valence-electron chi connectivity index (χ1n) is 5.91. The Kier molecular flexibility index (Phi) is 4.19. The summed E-state index contributed by atoms with van der Waals surface area (Å²) in [6.45, 7) is 0. The molecule has 0 unspecified atom stereocenters. The van der Waals surface area contributed by atoms with Gasteiger partial charge in [-0.25, -0.2) is 13.2 Å². The van der Waals surface area contributed by atoms with Gasteiger partial charge in [0, 0.05) is 25.2 Å². The predicted molar refractivity (Wildman–Crippen MR) is 82.9 cm³/mol. The summed E-state index contributed by atoms with van der Waals surface area (Å²) in [4.78, 5) is 12.7. The van der Waals surface area contributed by atoms with Crippen molar-refractivity contribution in [3.63, 3.8) is 0 Å². The van der Waals surface area contributed by atoms with Crippen molar-refractivity contribution in [3.05, 3.63) is 41.3 Å². The van der Waals surface area contributed by atoms with Crippen LogP contribution in [0.4, 0.5) is 11.4 Å². The van der Waals surface area contributed by atoms with Crippen molar-refractivity contribution in [1.29, 1.82) is 0 Å². The maximum absolute atomic E-state index is 12.2. The lowest BCUT2D eigenvalue weighted by molar-refractivity contribution is 0.0697. The van der Waals surface area contributed by atoms with Crippen molar-refractivity contribution >= 4 is 38.7 Å². The number of hydrogen-bond donors (Lipinski definition) is 2. The van der Waals surface area contributed by atoms with Crippen molar-refractivity contribution < 1.29 is 18.3 Å². The summed E-state index contributed by atoms with van der Waals surface area (Å²) in [5, 5.41) is 10.1. The highest BCUT2D eigenvalue weighted by atomic mass is 32.2. The number of rotatable bonds is 5. The zero-order chi connectivity index (χ0) is 15.6. The molecule has 2 aromatic rings. The van der Waals surface area contributed by atoms with Crippen LogP contribution >= 0.6 is 11.3 Å². The summed E-state index contributed by atoms with van der Waals surface area (Å²) < 4.78 is 26.8. The summed E-state index contributed by atoms with van der Waals surface area (Å²) >= 11 is 0.873. The highest BCUT2D eigenvalue weighted by molar-refractivity contribution is 7.94. The zero-order valence-corrected chi connectivity index (χ0v) is 13.0. The van der Waals surface area contributed by atoms with Crippen LogP contribution in [0.25, 0.3) is 0 Å². The molecule has 2 N–H and O–H groups in total. The first-order chi connectivity index (χ1) is 9.79. The second kappa shape index (κ2) is 5.74. The van der Waals surface area contributed by atoms with E-state index in [1.807, 2.05) is 25.1 Å². The van der Waals surface area contributed by atoms with Gasteiger partial charge in [-0.15, -0.1) is 11.3 Å². The Morgan fingerprint density at radius 1 is 1.29 bits per heavy atom. The summed E-state index contributed by atoms with van der Waals surface area (Å²) in [6, 6.07) is 8.07. The number of hydrogen-bond acceptors (Lipinski definition) is 5. The molecule has 0 bridgehead atoms. The maximum Gasteiger partial charge on any atom is 0.336 e. The summed E-state index contributed by atoms with van der Waals surface area (Å²) in [7, 11) is -0.0754. The number of nitrogens with zero attached hydrogens (tertiary/aromatic N) is 1. The van der Waals surface area contributed by atoms with E-state index < -0.39 is 16.0 Å². The molecule has 2 rings (SSSR count). The molecule has 0 fully saturated rings. The topological polar surface area (TPSA) is 86.7 Å². The lowest BCUT2D eigenvalue weighted by Gasteiger charge is -2.14. The zero-order valence-electron chi connectivity index (χ0n) is 11.4. The van der Waals surface area contributed by atoms with Crippen LogP contribution in [0, 0.1) is 0 Å². The van der Waals surface area contributed by atoms with Gasteiger partial charge in [0.2, 0.25) is 0 Å². The second-order valence-electron chi connectivity index (χ2n) is 4.51. The Morgan fingerprint density at radius 2 is 2.00 bits per heavy atom. The van der Waals surface area contributed by atoms with Crippen LogP contribution in [0.15, 0.2) is 39.9 Å². The van der Waals surface area contributed by atoms with Crippen molar-refractivity contribution in [2.75, 3.05) is 23.7 Å². The standard InChI is InChI=1S/C13H14N2O4S2/c1-15(2)11-5-3-4-10(7-11)14-21(18,19)12-6-9(8-20-12)13(16)17/h3-8,14H,1-2H3,(H,16,17). The number of aromatic carboxylic acids is 1. The van der Waals surface area contributed by atoms with E-state index in [-0.39, 0.29) is 9.77 Å². The molecule has 112 valence electrons. The van der Waals surface area contributed by atoms with Gasteiger partial charge in [-0.05, 0) is 24.3 Å². The smallest absolute Gasteiger partial charge is 0.336 e. The summed E-state index contributed by atoms with van der Waals surface area (Å²) in [5.41, 5.74) is 1.24. The molecule has 0 amide bonds. The predicted octanol–water partition coefficient (Wildman–Crippen LogP) is 2.31. The molecule has 6 nitrogen and oxygen atoms in total. The third kappa shape index (κ3) is 3.53. The largest absolute Gasteiger partial charge is 0.478 e. The third-order valence-electron chi connectivity index (χ3n) is 2.70. The molecule has 0 saturated heterocycles. The normalized spacial score (nSPS) is 11.1. The van der Waals surface area contributed by atoms with Crippen LogP contribution in [0.5, 0.6) is 0 Å². The van der Waals surface area contributed by atoms with E-state index in [0.29, 0.717) is 5.69 Å². The van der Waals surface area contributed by atoms with Crippen LogP contribution in [0.3, 0.4) is 0 Å². The van der Waals surface area contributed by atoms with E-state index in [2.05, 4.69) is 4.72 Å². The third-order valence-corrected chi connectivity index (χ3v) is 5.52. The van der Waals surface area contributed by atoms with E-state index >= 15 is 0 Å². The molecule has 1 aromatic heterocycles. The molecular weight excluding hydrogens is 312 g/mol. The van der Waals surface area contributed by atoms with Gasteiger partial charge < -0.3 is 10.0 Å². The van der Waals surface area contributed by atoms with Crippen molar-refractivity contribution in [2.45, 2.75) is 4.21 Å². The van der Waals surface area contributed by atoms with Gasteiger partial charge in [0.05, 0.1) is 11.3 Å². The number of carboxylic acids is 1. The number of sulfonamides is 1. The second-order valence-corrected chi connectivity index (χ2v) is 7.33. The molecule has 0 aliphatic heterocycles. The van der Waals surface area contributed by atoms with Gasteiger partial charge in [-0.3, -0.25) is 4.72 Å². The molecule has 0 saturated carbocycles. The van der Waals surface area contributed by atoms with E-state index in [0.717, 1.165) is 23.1 Å². The monoisotopic (exact) mass is 326 g/mol. The van der Waals surface area contributed by atoms with Gasteiger partial charge in [-0.1, -0.05) is 6.07 Å². The summed E-state index contributed by atoms with van der Waals surface area (Å²) in [6.07, 6.45) is 0. The molecule has 21 heavy (non-hydrogen) atoms. The van der Waals surface area contributed by atoms with Crippen LogP contribution < -0.4 is 9.62 Å². The number of benzene rings is 1. The minimum absolute atomic E-state index is 0.0323. The average Bonchev–Trinajstić information content (AvgIpc) is 2.89. The minimum atomic E-state index is -3.78. The van der Waals surface area contributed by atoms with Gasteiger partial charge in [0.1, 0.15) is 4.21 Å². The first-order valence-corrected chi connectivity index (χ1v) is 8.28. The quantitative estimate of drug-likeness (QED) is 0.880. The first kappa shape index (κ1) is 15.3. The lowest BCUT2D eigenvalue weighted by atomic mass is 10.3. The Labute approximate surface area is 126 Å². The fourth-order valence-corrected chi connectivity index (χ4v) is 3.83. The number of carboxylic acid groups (broad SMARTS) is 1. The van der Waals surface area contributed by atoms with Gasteiger partial charge in [0.15, 0.2) is 0 Å². The van der Waals surface area contributed by atoms with Crippen molar-refractivity contribution in [1.82, 2.24) is 0 Å². The van der Waals surface area contributed by atoms with Crippen molar-refractivity contribution in [2.24, 2.45) is 0 Å². The molecule has 8 heteroatoms. The molecule has 1 aromatic carbocycles. The van der Waals surface area contributed by atoms with Gasteiger partial charge >= 0.3 is 5.97 Å². The molecule has 0 radical (unpaired) electrons. The van der Waals surface area contributed by atoms with Crippen molar-refractivity contribution in [3.8, 4) is 0 Å². The molecule has 0 aliphatic carbocycles. The van der Waals surface area contributed by atoms with E-state index in [9.17, 15) is 13.2 Å². The van der Waals surface area contributed by atoms with Crippen LogP contribution in [0.1, 0.15) is 10.4 Å². The Hall–Kier alpha value is -2.06. The molecule has 0 aliphatic rings. The minimum Gasteiger partial charge on any atom is -0.478 e. The molecular formula is C13H14N2O4S2. The highest BCUT2D eigenvalue weighted by Crippen LogP contribution is 2.24.